The molecule has 0 bridgehead atoms. The highest BCUT2D eigenvalue weighted by Crippen LogP contribution is 2.28. The van der Waals surface area contributed by atoms with Crippen molar-refractivity contribution in [1.82, 2.24) is 0 Å². The van der Waals surface area contributed by atoms with Crippen LogP contribution in [0.4, 0.5) is 0 Å². The lowest BCUT2D eigenvalue weighted by atomic mass is 10.0. The molecule has 0 radical (unpaired) electrons. The zero-order valence-electron chi connectivity index (χ0n) is 11.3. The van der Waals surface area contributed by atoms with Crippen LogP contribution >= 0.6 is 23.2 Å². The predicted molar refractivity (Wildman–Crippen MR) is 82.6 cm³/mol. The molecule has 0 amide bonds. The standard InChI is InChI=1S/C16H24Cl2/c1-2-3-4-5-6-7-8-11-14-12-9-10-13-15(14)16(17)18/h9-10,12-13,16H,2-8,11H2,1H3. The number of unbranched alkanes of at least 4 members (excludes halogenated alkanes) is 6. The lowest BCUT2D eigenvalue weighted by Gasteiger charge is -2.09. The van der Waals surface area contributed by atoms with Gasteiger partial charge in [0.05, 0.1) is 0 Å². The van der Waals surface area contributed by atoms with Gasteiger partial charge >= 0.3 is 0 Å². The maximum absolute atomic E-state index is 5.97. The van der Waals surface area contributed by atoms with Crippen LogP contribution in [-0.2, 0) is 6.42 Å². The number of aryl methyl sites for hydroxylation is 1. The molecule has 0 aliphatic carbocycles. The first kappa shape index (κ1) is 15.9. The van der Waals surface area contributed by atoms with Gasteiger partial charge in [0, 0.05) is 0 Å². The SMILES string of the molecule is CCCCCCCCCc1ccccc1C(Cl)Cl. The van der Waals surface area contributed by atoms with Crippen LogP contribution in [0.1, 0.15) is 67.8 Å². The quantitative estimate of drug-likeness (QED) is 0.361. The van der Waals surface area contributed by atoms with Crippen LogP contribution in [0.15, 0.2) is 24.3 Å². The number of hydrogen-bond acceptors (Lipinski definition) is 0. The predicted octanol–water partition coefficient (Wildman–Crippen LogP) is 6.46. The van der Waals surface area contributed by atoms with E-state index in [9.17, 15) is 0 Å². The number of halogens is 2. The highest BCUT2D eigenvalue weighted by atomic mass is 35.5. The summed E-state index contributed by atoms with van der Waals surface area (Å²) in [5.41, 5.74) is 2.38. The average molecular weight is 287 g/mol. The lowest BCUT2D eigenvalue weighted by molar-refractivity contribution is 0.589. The first-order chi connectivity index (χ1) is 8.75. The summed E-state index contributed by atoms with van der Waals surface area (Å²) in [6.07, 6.45) is 10.5. The van der Waals surface area contributed by atoms with Gasteiger partial charge in [0.25, 0.3) is 0 Å². The van der Waals surface area contributed by atoms with Gasteiger partial charge in [0.15, 0.2) is 0 Å². The Hall–Kier alpha value is -0.200. The largest absolute Gasteiger partial charge is 0.133 e. The molecule has 0 atom stereocenters. The summed E-state index contributed by atoms with van der Waals surface area (Å²) < 4.78 is 0. The highest BCUT2D eigenvalue weighted by Gasteiger charge is 2.08. The van der Waals surface area contributed by atoms with Crippen molar-refractivity contribution in [2.45, 2.75) is 63.1 Å². The molecule has 0 fully saturated rings. The van der Waals surface area contributed by atoms with Crippen molar-refractivity contribution in [2.24, 2.45) is 0 Å². The first-order valence-electron chi connectivity index (χ1n) is 7.11. The second-order valence-electron chi connectivity index (χ2n) is 4.87. The molecule has 0 nitrogen and oxygen atoms in total. The van der Waals surface area contributed by atoms with Gasteiger partial charge in [-0.25, -0.2) is 0 Å². The second kappa shape index (κ2) is 9.69. The van der Waals surface area contributed by atoms with E-state index in [1.807, 2.05) is 12.1 Å². The van der Waals surface area contributed by atoms with Gasteiger partial charge in [-0.15, -0.1) is 23.2 Å². The normalized spacial score (nSPS) is 11.1. The Morgan fingerprint density at radius 1 is 0.889 bits per heavy atom. The maximum Gasteiger partial charge on any atom is 0.133 e. The summed E-state index contributed by atoms with van der Waals surface area (Å²) >= 11 is 11.9. The Morgan fingerprint density at radius 3 is 2.17 bits per heavy atom. The van der Waals surface area contributed by atoms with Crippen molar-refractivity contribution in [3.05, 3.63) is 35.4 Å². The summed E-state index contributed by atoms with van der Waals surface area (Å²) in [7, 11) is 0. The molecule has 102 valence electrons. The van der Waals surface area contributed by atoms with Gasteiger partial charge < -0.3 is 0 Å². The van der Waals surface area contributed by atoms with Gasteiger partial charge in [-0.05, 0) is 24.0 Å². The van der Waals surface area contributed by atoms with Crippen LogP contribution in [0.3, 0.4) is 0 Å². The monoisotopic (exact) mass is 286 g/mol. The minimum atomic E-state index is -0.397. The molecule has 1 aromatic rings. The van der Waals surface area contributed by atoms with E-state index < -0.39 is 4.84 Å². The second-order valence-corrected chi connectivity index (χ2v) is 5.97. The van der Waals surface area contributed by atoms with E-state index in [4.69, 9.17) is 23.2 Å². The molecule has 1 rings (SSSR count). The fourth-order valence-electron chi connectivity index (χ4n) is 2.25. The molecule has 0 saturated carbocycles. The molecule has 18 heavy (non-hydrogen) atoms. The summed E-state index contributed by atoms with van der Waals surface area (Å²) in [6, 6.07) is 8.24. The van der Waals surface area contributed by atoms with Gasteiger partial charge in [0.2, 0.25) is 0 Å². The van der Waals surface area contributed by atoms with Crippen molar-refractivity contribution >= 4 is 23.2 Å². The fourth-order valence-corrected chi connectivity index (χ4v) is 2.67. The number of hydrogen-bond donors (Lipinski definition) is 0. The molecule has 0 aliphatic rings. The van der Waals surface area contributed by atoms with Crippen LogP contribution in [-0.4, -0.2) is 0 Å². The Labute approximate surface area is 122 Å². The fraction of sp³-hybridized carbons (Fsp3) is 0.625. The van der Waals surface area contributed by atoms with E-state index in [1.165, 1.54) is 50.5 Å². The summed E-state index contributed by atoms with van der Waals surface area (Å²) in [6.45, 7) is 2.26. The van der Waals surface area contributed by atoms with Crippen molar-refractivity contribution in [1.29, 1.82) is 0 Å². The van der Waals surface area contributed by atoms with Crippen LogP contribution in [0, 0.1) is 0 Å². The molecule has 0 heterocycles. The topological polar surface area (TPSA) is 0 Å². The molecule has 1 aromatic carbocycles. The molecule has 0 spiro atoms. The molecule has 2 heteroatoms. The van der Waals surface area contributed by atoms with Crippen molar-refractivity contribution in [3.63, 3.8) is 0 Å². The van der Waals surface area contributed by atoms with Gasteiger partial charge in [-0.3, -0.25) is 0 Å². The molecule has 0 N–H and O–H groups in total. The van der Waals surface area contributed by atoms with E-state index in [0.29, 0.717) is 0 Å². The van der Waals surface area contributed by atoms with E-state index >= 15 is 0 Å². The molecular weight excluding hydrogens is 263 g/mol. The molecule has 0 saturated heterocycles. The van der Waals surface area contributed by atoms with Crippen LogP contribution in [0.25, 0.3) is 0 Å². The smallest absolute Gasteiger partial charge is 0.100 e. The van der Waals surface area contributed by atoms with Crippen molar-refractivity contribution < 1.29 is 0 Å². The van der Waals surface area contributed by atoms with Crippen molar-refractivity contribution in [3.8, 4) is 0 Å². The van der Waals surface area contributed by atoms with Crippen LogP contribution in [0.5, 0.6) is 0 Å². The summed E-state index contributed by atoms with van der Waals surface area (Å²) in [5.74, 6) is 0. The van der Waals surface area contributed by atoms with Crippen molar-refractivity contribution in [2.75, 3.05) is 0 Å². The molecule has 0 unspecified atom stereocenters. The highest BCUT2D eigenvalue weighted by molar-refractivity contribution is 6.44. The number of benzene rings is 1. The first-order valence-corrected chi connectivity index (χ1v) is 7.99. The minimum Gasteiger partial charge on any atom is -0.100 e. The third-order valence-corrected chi connectivity index (χ3v) is 3.81. The zero-order chi connectivity index (χ0) is 13.2. The number of alkyl halides is 2. The van der Waals surface area contributed by atoms with Gasteiger partial charge in [-0.2, -0.15) is 0 Å². The Bertz CT molecular complexity index is 321. The average Bonchev–Trinajstić information content (AvgIpc) is 2.38. The molecule has 0 aromatic heterocycles. The number of rotatable bonds is 9. The minimum absolute atomic E-state index is 0.397. The van der Waals surface area contributed by atoms with E-state index in [0.717, 1.165) is 12.0 Å². The third-order valence-electron chi connectivity index (χ3n) is 3.34. The summed E-state index contributed by atoms with van der Waals surface area (Å²) in [4.78, 5) is -0.397. The van der Waals surface area contributed by atoms with Crippen LogP contribution in [0.2, 0.25) is 0 Å². The van der Waals surface area contributed by atoms with E-state index in [1.54, 1.807) is 0 Å². The van der Waals surface area contributed by atoms with E-state index in [2.05, 4.69) is 19.1 Å². The van der Waals surface area contributed by atoms with E-state index in [-0.39, 0.29) is 0 Å². The zero-order valence-corrected chi connectivity index (χ0v) is 12.8. The Balaban J connectivity index is 2.23. The Kier molecular flexibility index (Phi) is 8.54. The molecule has 0 aliphatic heterocycles. The van der Waals surface area contributed by atoms with Gasteiger partial charge in [-0.1, -0.05) is 69.7 Å². The van der Waals surface area contributed by atoms with Crippen LogP contribution < -0.4 is 0 Å². The summed E-state index contributed by atoms with van der Waals surface area (Å²) in [5, 5.41) is 0. The van der Waals surface area contributed by atoms with Gasteiger partial charge in [0.1, 0.15) is 4.84 Å². The molecular formula is C16H24Cl2. The third kappa shape index (κ3) is 6.11. The lowest BCUT2D eigenvalue weighted by Crippen LogP contribution is -1.93. The maximum atomic E-state index is 5.97. The Morgan fingerprint density at radius 2 is 1.50 bits per heavy atom.